The third-order valence-corrected chi connectivity index (χ3v) is 1.57. The van der Waals surface area contributed by atoms with Gasteiger partial charge in [-0.3, -0.25) is 4.79 Å². The Morgan fingerprint density at radius 1 is 1.50 bits per heavy atom. The molecule has 4 nitrogen and oxygen atoms in total. The quantitative estimate of drug-likeness (QED) is 0.679. The Morgan fingerprint density at radius 2 is 2.42 bits per heavy atom. The van der Waals surface area contributed by atoms with Crippen LogP contribution in [0.2, 0.25) is 0 Å². The van der Waals surface area contributed by atoms with Gasteiger partial charge in [0.15, 0.2) is 12.0 Å². The van der Waals surface area contributed by atoms with E-state index in [-0.39, 0.29) is 0 Å². The molecule has 4 heteroatoms. The number of carbonyl (C=O) groups excluding carboxylic acids is 1. The molecule has 0 radical (unpaired) electrons. The van der Waals surface area contributed by atoms with E-state index in [0.29, 0.717) is 23.2 Å². The maximum atomic E-state index is 10.2. The standard InChI is InChI=1S/C8H6N2O2/c11-4-9-6-2-1-3-7-8(6)10-5-12-7/h1-5H,(H,9,11). The van der Waals surface area contributed by atoms with Gasteiger partial charge >= 0.3 is 0 Å². The minimum Gasteiger partial charge on any atom is -0.443 e. The maximum absolute atomic E-state index is 10.2. The first-order valence-electron chi connectivity index (χ1n) is 3.44. The highest BCUT2D eigenvalue weighted by atomic mass is 16.3. The Kier molecular flexibility index (Phi) is 1.51. The van der Waals surface area contributed by atoms with Gasteiger partial charge in [0.2, 0.25) is 6.41 Å². The molecule has 12 heavy (non-hydrogen) atoms. The Balaban J connectivity index is 2.65. The fourth-order valence-corrected chi connectivity index (χ4v) is 1.07. The summed E-state index contributed by atoms with van der Waals surface area (Å²) in [7, 11) is 0. The first kappa shape index (κ1) is 6.84. The van der Waals surface area contributed by atoms with Crippen molar-refractivity contribution in [1.29, 1.82) is 0 Å². The van der Waals surface area contributed by atoms with Crippen LogP contribution in [-0.2, 0) is 4.79 Å². The molecular weight excluding hydrogens is 156 g/mol. The fraction of sp³-hybridized carbons (Fsp3) is 0. The molecule has 0 saturated carbocycles. The summed E-state index contributed by atoms with van der Waals surface area (Å²) in [5.74, 6) is 0. The Morgan fingerprint density at radius 3 is 3.25 bits per heavy atom. The zero-order chi connectivity index (χ0) is 8.39. The third-order valence-electron chi connectivity index (χ3n) is 1.57. The van der Waals surface area contributed by atoms with Gasteiger partial charge in [-0.2, -0.15) is 0 Å². The van der Waals surface area contributed by atoms with E-state index in [1.807, 2.05) is 0 Å². The number of rotatable bonds is 2. The molecule has 0 bridgehead atoms. The average molecular weight is 162 g/mol. The van der Waals surface area contributed by atoms with Crippen molar-refractivity contribution in [1.82, 2.24) is 4.98 Å². The second-order valence-electron chi connectivity index (χ2n) is 2.27. The van der Waals surface area contributed by atoms with E-state index in [2.05, 4.69) is 10.3 Å². The Hall–Kier alpha value is -1.84. The summed E-state index contributed by atoms with van der Waals surface area (Å²) in [4.78, 5) is 14.1. The molecule has 0 aliphatic rings. The van der Waals surface area contributed by atoms with E-state index in [0.717, 1.165) is 0 Å². The molecule has 60 valence electrons. The van der Waals surface area contributed by atoms with Crippen LogP contribution in [-0.4, -0.2) is 11.4 Å². The van der Waals surface area contributed by atoms with Crippen LogP contribution in [0.1, 0.15) is 0 Å². The summed E-state index contributed by atoms with van der Waals surface area (Å²) in [5, 5.41) is 2.53. The van der Waals surface area contributed by atoms with Crippen LogP contribution in [0.25, 0.3) is 11.1 Å². The lowest BCUT2D eigenvalue weighted by molar-refractivity contribution is -0.105. The molecular formula is C8H6N2O2. The largest absolute Gasteiger partial charge is 0.443 e. The summed E-state index contributed by atoms with van der Waals surface area (Å²) < 4.78 is 5.04. The highest BCUT2D eigenvalue weighted by molar-refractivity contribution is 5.91. The molecule has 1 amide bonds. The van der Waals surface area contributed by atoms with Gasteiger partial charge in [-0.05, 0) is 12.1 Å². The van der Waals surface area contributed by atoms with Gasteiger partial charge in [0.25, 0.3) is 0 Å². The van der Waals surface area contributed by atoms with Crippen LogP contribution in [0.3, 0.4) is 0 Å². The van der Waals surface area contributed by atoms with Gasteiger partial charge in [-0.1, -0.05) is 6.07 Å². The van der Waals surface area contributed by atoms with Crippen molar-refractivity contribution < 1.29 is 9.21 Å². The van der Waals surface area contributed by atoms with Crippen LogP contribution < -0.4 is 5.32 Å². The molecule has 0 fully saturated rings. The van der Waals surface area contributed by atoms with E-state index < -0.39 is 0 Å². The summed E-state index contributed by atoms with van der Waals surface area (Å²) in [6.45, 7) is 0. The van der Waals surface area contributed by atoms with Crippen LogP contribution in [0.5, 0.6) is 0 Å². The van der Waals surface area contributed by atoms with Gasteiger partial charge in [0.05, 0.1) is 5.69 Å². The number of nitrogens with zero attached hydrogens (tertiary/aromatic N) is 1. The second kappa shape index (κ2) is 2.65. The molecule has 1 aromatic carbocycles. The molecule has 1 N–H and O–H groups in total. The van der Waals surface area contributed by atoms with Crippen molar-refractivity contribution >= 4 is 23.2 Å². The van der Waals surface area contributed by atoms with E-state index >= 15 is 0 Å². The number of para-hydroxylation sites is 1. The van der Waals surface area contributed by atoms with Crippen LogP contribution >= 0.6 is 0 Å². The number of amides is 1. The molecule has 2 rings (SSSR count). The van der Waals surface area contributed by atoms with Gasteiger partial charge in [0, 0.05) is 0 Å². The number of nitrogens with one attached hydrogen (secondary N) is 1. The van der Waals surface area contributed by atoms with Gasteiger partial charge < -0.3 is 9.73 Å². The number of aromatic nitrogens is 1. The smallest absolute Gasteiger partial charge is 0.211 e. The van der Waals surface area contributed by atoms with E-state index in [9.17, 15) is 4.79 Å². The van der Waals surface area contributed by atoms with Gasteiger partial charge in [-0.25, -0.2) is 4.98 Å². The number of hydrogen-bond donors (Lipinski definition) is 1. The highest BCUT2D eigenvalue weighted by Gasteiger charge is 2.02. The normalized spacial score (nSPS) is 10.0. The minimum absolute atomic E-state index is 0.615. The number of anilines is 1. The number of carbonyl (C=O) groups is 1. The summed E-state index contributed by atoms with van der Waals surface area (Å²) in [5.41, 5.74) is 2.00. The lowest BCUT2D eigenvalue weighted by atomic mass is 10.3. The zero-order valence-electron chi connectivity index (χ0n) is 6.15. The first-order chi connectivity index (χ1) is 5.92. The van der Waals surface area contributed by atoms with Gasteiger partial charge in [0.1, 0.15) is 5.52 Å². The molecule has 0 unspecified atom stereocenters. The number of hydrogen-bond acceptors (Lipinski definition) is 3. The molecule has 0 aliphatic carbocycles. The minimum atomic E-state index is 0.615. The topological polar surface area (TPSA) is 55.1 Å². The highest BCUT2D eigenvalue weighted by Crippen LogP contribution is 2.20. The second-order valence-corrected chi connectivity index (χ2v) is 2.27. The Labute approximate surface area is 68.2 Å². The van der Waals surface area contributed by atoms with Crippen molar-refractivity contribution in [2.45, 2.75) is 0 Å². The van der Waals surface area contributed by atoms with Crippen molar-refractivity contribution in [3.63, 3.8) is 0 Å². The number of benzene rings is 1. The molecule has 0 spiro atoms. The molecule has 1 heterocycles. The summed E-state index contributed by atoms with van der Waals surface area (Å²) >= 11 is 0. The van der Waals surface area contributed by atoms with Crippen molar-refractivity contribution in [2.24, 2.45) is 0 Å². The zero-order valence-corrected chi connectivity index (χ0v) is 6.15. The average Bonchev–Trinajstić information content (AvgIpc) is 2.53. The number of fused-ring (bicyclic) bond motifs is 1. The molecule has 0 saturated heterocycles. The van der Waals surface area contributed by atoms with Crippen molar-refractivity contribution in [3.8, 4) is 0 Å². The molecule has 1 aromatic heterocycles. The van der Waals surface area contributed by atoms with E-state index in [1.54, 1.807) is 18.2 Å². The number of oxazole rings is 1. The van der Waals surface area contributed by atoms with Crippen molar-refractivity contribution in [2.75, 3.05) is 5.32 Å². The first-order valence-corrected chi connectivity index (χ1v) is 3.44. The predicted molar refractivity (Wildman–Crippen MR) is 43.7 cm³/mol. The lowest BCUT2D eigenvalue weighted by Crippen LogP contribution is -1.93. The lowest BCUT2D eigenvalue weighted by Gasteiger charge is -1.96. The molecule has 0 aliphatic heterocycles. The SMILES string of the molecule is O=CNc1cccc2ocnc12. The van der Waals surface area contributed by atoms with E-state index in [4.69, 9.17) is 4.42 Å². The monoisotopic (exact) mass is 162 g/mol. The Bertz CT molecular complexity index is 408. The van der Waals surface area contributed by atoms with E-state index in [1.165, 1.54) is 6.39 Å². The summed E-state index contributed by atoms with van der Waals surface area (Å²) in [6.07, 6.45) is 1.96. The van der Waals surface area contributed by atoms with Crippen molar-refractivity contribution in [3.05, 3.63) is 24.6 Å². The van der Waals surface area contributed by atoms with Crippen LogP contribution in [0, 0.1) is 0 Å². The molecule has 2 aromatic rings. The predicted octanol–water partition coefficient (Wildman–Crippen LogP) is 1.40. The van der Waals surface area contributed by atoms with Gasteiger partial charge in [-0.15, -0.1) is 0 Å². The van der Waals surface area contributed by atoms with Crippen LogP contribution in [0.15, 0.2) is 29.0 Å². The van der Waals surface area contributed by atoms with Crippen LogP contribution in [0.4, 0.5) is 5.69 Å². The fourth-order valence-electron chi connectivity index (χ4n) is 1.07. The maximum Gasteiger partial charge on any atom is 0.211 e. The molecule has 0 atom stereocenters. The summed E-state index contributed by atoms with van der Waals surface area (Å²) in [6, 6.07) is 5.34. The third kappa shape index (κ3) is 0.934.